The minimum absolute atomic E-state index is 0.00199. The lowest BCUT2D eigenvalue weighted by atomic mass is 9.95. The molecule has 2 heterocycles. The predicted molar refractivity (Wildman–Crippen MR) is 122 cm³/mol. The van der Waals surface area contributed by atoms with Crippen LogP contribution in [0.1, 0.15) is 56.3 Å². The Bertz CT molecular complexity index is 1000. The molecule has 0 bridgehead atoms. The summed E-state index contributed by atoms with van der Waals surface area (Å²) in [6.45, 7) is 1.92. The summed E-state index contributed by atoms with van der Waals surface area (Å²) in [5.41, 5.74) is 0.629. The van der Waals surface area contributed by atoms with Gasteiger partial charge in [0.15, 0.2) is 0 Å². The van der Waals surface area contributed by atoms with Crippen molar-refractivity contribution in [3.63, 3.8) is 0 Å². The molecule has 0 atom stereocenters. The maximum absolute atomic E-state index is 12.7. The molecule has 1 aromatic heterocycles. The standard InChI is InChI=1S/C23H33N5O4/c1-26-23(30)28(17-6-4-5-7-17)22(25-26)16-10-12-27(13-11-16)15-21(29)24-19-9-8-18(31-2)14-20(19)32-3/h8-9,14,16-17H,4-7,10-13,15H2,1-3H3,(H,24,29). The summed E-state index contributed by atoms with van der Waals surface area (Å²) in [5, 5.41) is 7.54. The largest absolute Gasteiger partial charge is 0.497 e. The number of amides is 1. The Labute approximate surface area is 188 Å². The summed E-state index contributed by atoms with van der Waals surface area (Å²) in [5.74, 6) is 2.35. The molecule has 1 aromatic carbocycles. The van der Waals surface area contributed by atoms with Gasteiger partial charge >= 0.3 is 5.69 Å². The number of hydrogen-bond acceptors (Lipinski definition) is 6. The molecule has 9 heteroatoms. The maximum Gasteiger partial charge on any atom is 0.345 e. The van der Waals surface area contributed by atoms with Gasteiger partial charge in [0, 0.05) is 25.1 Å². The van der Waals surface area contributed by atoms with Crippen molar-refractivity contribution in [1.29, 1.82) is 0 Å². The Morgan fingerprint density at radius 1 is 1.12 bits per heavy atom. The molecule has 0 unspecified atom stereocenters. The molecule has 1 amide bonds. The number of methoxy groups -OCH3 is 2. The summed E-state index contributed by atoms with van der Waals surface area (Å²) >= 11 is 0. The number of nitrogens with zero attached hydrogens (tertiary/aromatic N) is 4. The monoisotopic (exact) mass is 443 g/mol. The highest BCUT2D eigenvalue weighted by atomic mass is 16.5. The van der Waals surface area contributed by atoms with Gasteiger partial charge in [-0.25, -0.2) is 9.48 Å². The number of aryl methyl sites for hydroxylation is 1. The second-order valence-electron chi connectivity index (χ2n) is 8.74. The third-order valence-corrected chi connectivity index (χ3v) is 6.67. The number of likely N-dealkylation sites (tertiary alicyclic amines) is 1. The van der Waals surface area contributed by atoms with Gasteiger partial charge in [-0.3, -0.25) is 14.3 Å². The van der Waals surface area contributed by atoms with Crippen LogP contribution in [0.5, 0.6) is 11.5 Å². The van der Waals surface area contributed by atoms with Gasteiger partial charge < -0.3 is 14.8 Å². The fourth-order valence-electron chi connectivity index (χ4n) is 4.93. The first-order valence-electron chi connectivity index (χ1n) is 11.4. The van der Waals surface area contributed by atoms with E-state index in [0.29, 0.717) is 23.7 Å². The molecule has 1 aliphatic carbocycles. The SMILES string of the molecule is COc1ccc(NC(=O)CN2CCC(c3nn(C)c(=O)n3C3CCCC3)CC2)c(OC)c1. The molecule has 0 radical (unpaired) electrons. The quantitative estimate of drug-likeness (QED) is 0.707. The van der Waals surface area contributed by atoms with Gasteiger partial charge in [0.2, 0.25) is 5.91 Å². The van der Waals surface area contributed by atoms with Gasteiger partial charge in [-0.1, -0.05) is 12.8 Å². The van der Waals surface area contributed by atoms with E-state index in [-0.39, 0.29) is 23.6 Å². The molecule has 9 nitrogen and oxygen atoms in total. The molecule has 1 aliphatic heterocycles. The third-order valence-electron chi connectivity index (χ3n) is 6.67. The number of anilines is 1. The van der Waals surface area contributed by atoms with E-state index in [0.717, 1.165) is 44.6 Å². The number of carbonyl (C=O) groups excluding carboxylic acids is 1. The van der Waals surface area contributed by atoms with Crippen LogP contribution >= 0.6 is 0 Å². The van der Waals surface area contributed by atoms with E-state index in [1.165, 1.54) is 17.5 Å². The summed E-state index contributed by atoms with van der Waals surface area (Å²) in [6.07, 6.45) is 6.26. The molecule has 1 saturated heterocycles. The zero-order chi connectivity index (χ0) is 22.7. The molecule has 2 fully saturated rings. The lowest BCUT2D eigenvalue weighted by molar-refractivity contribution is -0.117. The minimum Gasteiger partial charge on any atom is -0.497 e. The van der Waals surface area contributed by atoms with Gasteiger partial charge in [0.25, 0.3) is 0 Å². The molecule has 0 spiro atoms. The fourth-order valence-corrected chi connectivity index (χ4v) is 4.93. The van der Waals surface area contributed by atoms with E-state index < -0.39 is 0 Å². The topological polar surface area (TPSA) is 90.6 Å². The maximum atomic E-state index is 12.7. The zero-order valence-electron chi connectivity index (χ0n) is 19.2. The van der Waals surface area contributed by atoms with E-state index in [9.17, 15) is 9.59 Å². The second-order valence-corrected chi connectivity index (χ2v) is 8.74. The van der Waals surface area contributed by atoms with Gasteiger partial charge in [-0.05, 0) is 50.9 Å². The highest BCUT2D eigenvalue weighted by Gasteiger charge is 2.30. The fraction of sp³-hybridized carbons (Fsp3) is 0.609. The van der Waals surface area contributed by atoms with Gasteiger partial charge in [-0.2, -0.15) is 5.10 Å². The van der Waals surface area contributed by atoms with Crippen molar-refractivity contribution >= 4 is 11.6 Å². The van der Waals surface area contributed by atoms with Crippen LogP contribution in [0.3, 0.4) is 0 Å². The lowest BCUT2D eigenvalue weighted by Crippen LogP contribution is -2.39. The van der Waals surface area contributed by atoms with Crippen molar-refractivity contribution in [1.82, 2.24) is 19.2 Å². The summed E-state index contributed by atoms with van der Waals surface area (Å²) < 4.78 is 14.0. The number of nitrogens with one attached hydrogen (secondary N) is 1. The van der Waals surface area contributed by atoms with Gasteiger partial charge in [0.1, 0.15) is 17.3 Å². The van der Waals surface area contributed by atoms with E-state index in [2.05, 4.69) is 15.3 Å². The normalized spacial score (nSPS) is 18.1. The minimum atomic E-state index is -0.0763. The Morgan fingerprint density at radius 2 is 1.84 bits per heavy atom. The first-order chi connectivity index (χ1) is 15.5. The molecule has 1 N–H and O–H groups in total. The first kappa shape index (κ1) is 22.4. The molecular weight excluding hydrogens is 410 g/mol. The van der Waals surface area contributed by atoms with E-state index in [1.807, 2.05) is 4.57 Å². The Balaban J connectivity index is 1.35. The Hall–Kier alpha value is -2.81. The van der Waals surface area contributed by atoms with Crippen LogP contribution in [0.2, 0.25) is 0 Å². The van der Waals surface area contributed by atoms with Crippen LogP contribution in [0.25, 0.3) is 0 Å². The van der Waals surface area contributed by atoms with E-state index >= 15 is 0 Å². The number of ether oxygens (including phenoxy) is 2. The van der Waals surface area contributed by atoms with Crippen molar-refractivity contribution in [2.45, 2.75) is 50.5 Å². The van der Waals surface area contributed by atoms with Gasteiger partial charge in [-0.15, -0.1) is 0 Å². The Kier molecular flexibility index (Phi) is 6.83. The average molecular weight is 444 g/mol. The number of piperidine rings is 1. The number of hydrogen-bond donors (Lipinski definition) is 1. The zero-order valence-corrected chi connectivity index (χ0v) is 19.2. The van der Waals surface area contributed by atoms with E-state index in [4.69, 9.17) is 9.47 Å². The number of benzene rings is 1. The van der Waals surface area contributed by atoms with Crippen LogP contribution in [-0.4, -0.2) is 59.0 Å². The summed E-state index contributed by atoms with van der Waals surface area (Å²) in [4.78, 5) is 27.5. The molecule has 4 rings (SSSR count). The second kappa shape index (κ2) is 9.77. The Morgan fingerprint density at radius 3 is 2.50 bits per heavy atom. The van der Waals surface area contributed by atoms with Crippen molar-refractivity contribution in [3.05, 3.63) is 34.5 Å². The van der Waals surface area contributed by atoms with Crippen LogP contribution in [0, 0.1) is 0 Å². The average Bonchev–Trinajstić information content (AvgIpc) is 3.42. The molecule has 2 aromatic rings. The molecule has 2 aliphatic rings. The highest BCUT2D eigenvalue weighted by Crippen LogP contribution is 2.33. The summed E-state index contributed by atoms with van der Waals surface area (Å²) in [7, 11) is 4.90. The van der Waals surface area contributed by atoms with Crippen LogP contribution in [0.15, 0.2) is 23.0 Å². The molecule has 174 valence electrons. The number of carbonyl (C=O) groups is 1. The van der Waals surface area contributed by atoms with Crippen molar-refractivity contribution in [3.8, 4) is 11.5 Å². The number of aromatic nitrogens is 3. The predicted octanol–water partition coefficient (Wildman–Crippen LogP) is 2.53. The van der Waals surface area contributed by atoms with Crippen molar-refractivity contribution < 1.29 is 14.3 Å². The third kappa shape index (κ3) is 4.67. The summed E-state index contributed by atoms with van der Waals surface area (Å²) in [6, 6.07) is 5.61. The molecule has 32 heavy (non-hydrogen) atoms. The van der Waals surface area contributed by atoms with E-state index in [1.54, 1.807) is 39.5 Å². The smallest absolute Gasteiger partial charge is 0.345 e. The molecule has 1 saturated carbocycles. The number of rotatable bonds is 7. The van der Waals surface area contributed by atoms with Crippen molar-refractivity contribution in [2.75, 3.05) is 39.2 Å². The van der Waals surface area contributed by atoms with Crippen LogP contribution in [0.4, 0.5) is 5.69 Å². The van der Waals surface area contributed by atoms with Crippen LogP contribution < -0.4 is 20.5 Å². The lowest BCUT2D eigenvalue weighted by Gasteiger charge is -2.31. The van der Waals surface area contributed by atoms with Crippen LogP contribution in [-0.2, 0) is 11.8 Å². The highest BCUT2D eigenvalue weighted by molar-refractivity contribution is 5.93. The molecular formula is C23H33N5O4. The van der Waals surface area contributed by atoms with Crippen molar-refractivity contribution in [2.24, 2.45) is 7.05 Å². The first-order valence-corrected chi connectivity index (χ1v) is 11.4. The van der Waals surface area contributed by atoms with Gasteiger partial charge in [0.05, 0.1) is 26.5 Å².